The SMILES string of the molecule is CCNc1ccc2cc(C)c(N=Nc3ccc(N=NC)c(C)c3)c(O)c2c1. The molecule has 6 nitrogen and oxygen atoms in total. The van der Waals surface area contributed by atoms with Gasteiger partial charge < -0.3 is 10.4 Å². The number of aryl methyl sites for hydroxylation is 2. The fourth-order valence-corrected chi connectivity index (χ4v) is 2.97. The van der Waals surface area contributed by atoms with Crippen LogP contribution in [0.15, 0.2) is 62.9 Å². The van der Waals surface area contributed by atoms with E-state index < -0.39 is 0 Å². The second kappa shape index (κ2) is 7.95. The molecular weight excluding hydrogens is 338 g/mol. The van der Waals surface area contributed by atoms with Crippen molar-refractivity contribution >= 4 is 33.5 Å². The number of phenolic OH excluding ortho intramolecular Hbond substituents is 1. The first-order chi connectivity index (χ1) is 13.0. The number of rotatable bonds is 5. The summed E-state index contributed by atoms with van der Waals surface area (Å²) in [5, 5.41) is 32.2. The second-order valence-electron chi connectivity index (χ2n) is 6.33. The highest BCUT2D eigenvalue weighted by Crippen LogP contribution is 2.40. The monoisotopic (exact) mass is 361 g/mol. The zero-order valence-electron chi connectivity index (χ0n) is 16.0. The number of phenols is 1. The fourth-order valence-electron chi connectivity index (χ4n) is 2.97. The number of fused-ring (bicyclic) bond motifs is 1. The third-order valence-corrected chi connectivity index (χ3v) is 4.31. The van der Waals surface area contributed by atoms with Crippen molar-refractivity contribution in [1.29, 1.82) is 0 Å². The Kier molecular flexibility index (Phi) is 5.45. The van der Waals surface area contributed by atoms with Crippen LogP contribution >= 0.6 is 0 Å². The summed E-state index contributed by atoms with van der Waals surface area (Å²) in [6.45, 7) is 6.72. The average molecular weight is 361 g/mol. The van der Waals surface area contributed by atoms with Gasteiger partial charge in [0.25, 0.3) is 0 Å². The minimum absolute atomic E-state index is 0.140. The van der Waals surface area contributed by atoms with Crippen LogP contribution in [0, 0.1) is 13.8 Å². The van der Waals surface area contributed by atoms with Crippen molar-refractivity contribution in [2.24, 2.45) is 20.5 Å². The van der Waals surface area contributed by atoms with E-state index >= 15 is 0 Å². The highest BCUT2D eigenvalue weighted by Gasteiger charge is 2.11. The van der Waals surface area contributed by atoms with Gasteiger partial charge in [-0.25, -0.2) is 0 Å². The Morgan fingerprint density at radius 3 is 2.44 bits per heavy atom. The van der Waals surface area contributed by atoms with Crippen molar-refractivity contribution in [1.82, 2.24) is 0 Å². The molecule has 0 fully saturated rings. The van der Waals surface area contributed by atoms with Crippen LogP contribution < -0.4 is 5.32 Å². The largest absolute Gasteiger partial charge is 0.505 e. The van der Waals surface area contributed by atoms with E-state index in [1.54, 1.807) is 7.05 Å². The number of benzene rings is 3. The van der Waals surface area contributed by atoms with Crippen LogP contribution in [0.25, 0.3) is 10.8 Å². The first-order valence-corrected chi connectivity index (χ1v) is 8.86. The molecule has 0 bridgehead atoms. The lowest BCUT2D eigenvalue weighted by atomic mass is 10.0. The molecule has 0 spiro atoms. The van der Waals surface area contributed by atoms with Gasteiger partial charge in [-0.15, -0.1) is 5.11 Å². The molecule has 0 heterocycles. The third kappa shape index (κ3) is 3.95. The van der Waals surface area contributed by atoms with Crippen molar-refractivity contribution < 1.29 is 5.11 Å². The molecule has 0 saturated carbocycles. The normalized spacial score (nSPS) is 11.7. The van der Waals surface area contributed by atoms with Crippen molar-refractivity contribution in [2.45, 2.75) is 20.8 Å². The molecule has 3 aromatic carbocycles. The van der Waals surface area contributed by atoms with E-state index in [4.69, 9.17) is 0 Å². The van der Waals surface area contributed by atoms with Crippen molar-refractivity contribution in [3.05, 3.63) is 53.6 Å². The predicted molar refractivity (Wildman–Crippen MR) is 110 cm³/mol. The Morgan fingerprint density at radius 2 is 1.74 bits per heavy atom. The van der Waals surface area contributed by atoms with E-state index in [9.17, 15) is 5.11 Å². The number of hydrogen-bond donors (Lipinski definition) is 2. The molecule has 0 saturated heterocycles. The lowest BCUT2D eigenvalue weighted by molar-refractivity contribution is 0.482. The molecule has 138 valence electrons. The molecule has 2 N–H and O–H groups in total. The molecule has 0 aliphatic heterocycles. The number of nitrogens with zero attached hydrogens (tertiary/aromatic N) is 4. The molecule has 0 atom stereocenters. The molecule has 0 aliphatic rings. The minimum Gasteiger partial charge on any atom is -0.505 e. The third-order valence-electron chi connectivity index (χ3n) is 4.31. The van der Waals surface area contributed by atoms with Crippen LogP contribution in [0.1, 0.15) is 18.1 Å². The Hall–Kier alpha value is -3.28. The molecule has 6 heteroatoms. The summed E-state index contributed by atoms with van der Waals surface area (Å²) in [5.74, 6) is 0.140. The minimum atomic E-state index is 0.140. The van der Waals surface area contributed by atoms with Gasteiger partial charge in [-0.2, -0.15) is 15.3 Å². The number of anilines is 1. The number of nitrogens with one attached hydrogen (secondary N) is 1. The number of aromatic hydroxyl groups is 1. The van der Waals surface area contributed by atoms with Gasteiger partial charge in [-0.1, -0.05) is 6.07 Å². The zero-order chi connectivity index (χ0) is 19.4. The maximum absolute atomic E-state index is 10.8. The summed E-state index contributed by atoms with van der Waals surface area (Å²) in [5.41, 5.74) is 4.77. The van der Waals surface area contributed by atoms with Gasteiger partial charge in [0.1, 0.15) is 5.69 Å². The Bertz CT molecular complexity index is 1040. The number of azo groups is 2. The molecule has 27 heavy (non-hydrogen) atoms. The summed E-state index contributed by atoms with van der Waals surface area (Å²) >= 11 is 0. The van der Waals surface area contributed by atoms with E-state index in [1.807, 2.05) is 63.2 Å². The van der Waals surface area contributed by atoms with E-state index in [0.717, 1.165) is 39.8 Å². The van der Waals surface area contributed by atoms with Crippen LogP contribution in [0.2, 0.25) is 0 Å². The van der Waals surface area contributed by atoms with Gasteiger partial charge in [0, 0.05) is 24.7 Å². The highest BCUT2D eigenvalue weighted by atomic mass is 16.3. The molecule has 0 unspecified atom stereocenters. The summed E-state index contributed by atoms with van der Waals surface area (Å²) in [6, 6.07) is 13.5. The van der Waals surface area contributed by atoms with Gasteiger partial charge in [0.2, 0.25) is 0 Å². The molecular formula is C21H23N5O. The summed E-state index contributed by atoms with van der Waals surface area (Å²) < 4.78 is 0. The Morgan fingerprint density at radius 1 is 0.926 bits per heavy atom. The van der Waals surface area contributed by atoms with E-state index in [0.29, 0.717) is 11.4 Å². The lowest BCUT2D eigenvalue weighted by Gasteiger charge is -2.10. The van der Waals surface area contributed by atoms with E-state index in [2.05, 4.69) is 25.8 Å². The molecule has 0 aromatic heterocycles. The zero-order valence-corrected chi connectivity index (χ0v) is 16.0. The van der Waals surface area contributed by atoms with E-state index in [-0.39, 0.29) is 5.75 Å². The van der Waals surface area contributed by atoms with Gasteiger partial charge >= 0.3 is 0 Å². The summed E-state index contributed by atoms with van der Waals surface area (Å²) in [4.78, 5) is 0. The molecule has 3 rings (SSSR count). The first kappa shape index (κ1) is 18.5. The summed E-state index contributed by atoms with van der Waals surface area (Å²) in [7, 11) is 1.64. The molecule has 0 amide bonds. The summed E-state index contributed by atoms with van der Waals surface area (Å²) in [6.07, 6.45) is 0. The van der Waals surface area contributed by atoms with Gasteiger partial charge in [0.05, 0.1) is 11.4 Å². The van der Waals surface area contributed by atoms with Crippen molar-refractivity contribution in [2.75, 3.05) is 18.9 Å². The van der Waals surface area contributed by atoms with Crippen LogP contribution in [0.3, 0.4) is 0 Å². The molecule has 0 radical (unpaired) electrons. The van der Waals surface area contributed by atoms with Crippen molar-refractivity contribution in [3.63, 3.8) is 0 Å². The van der Waals surface area contributed by atoms with Crippen LogP contribution in [-0.2, 0) is 0 Å². The number of hydrogen-bond acceptors (Lipinski definition) is 6. The Balaban J connectivity index is 2.00. The maximum atomic E-state index is 10.8. The standard InChI is InChI=1S/C21H23N5O/c1-5-23-16-7-6-15-10-14(3)20(21(27)18(15)12-16)26-24-17-8-9-19(25-22-4)13(2)11-17/h6-12,23,27H,5H2,1-4H3. The molecule has 3 aromatic rings. The van der Waals surface area contributed by atoms with Gasteiger partial charge in [-0.05, 0) is 73.7 Å². The topological polar surface area (TPSA) is 81.7 Å². The van der Waals surface area contributed by atoms with Gasteiger partial charge in [-0.3, -0.25) is 0 Å². The van der Waals surface area contributed by atoms with Gasteiger partial charge in [0.15, 0.2) is 5.75 Å². The first-order valence-electron chi connectivity index (χ1n) is 8.86. The smallest absolute Gasteiger partial charge is 0.151 e. The fraction of sp³-hybridized carbons (Fsp3) is 0.238. The quantitative estimate of drug-likeness (QED) is 0.494. The maximum Gasteiger partial charge on any atom is 0.151 e. The molecule has 0 aliphatic carbocycles. The second-order valence-corrected chi connectivity index (χ2v) is 6.33. The lowest BCUT2D eigenvalue weighted by Crippen LogP contribution is -1.95. The van der Waals surface area contributed by atoms with Crippen LogP contribution in [0.4, 0.5) is 22.7 Å². The van der Waals surface area contributed by atoms with Crippen LogP contribution in [0.5, 0.6) is 5.75 Å². The van der Waals surface area contributed by atoms with E-state index in [1.165, 1.54) is 0 Å². The predicted octanol–water partition coefficient (Wildman–Crippen LogP) is 6.72. The van der Waals surface area contributed by atoms with Crippen molar-refractivity contribution in [3.8, 4) is 5.75 Å². The highest BCUT2D eigenvalue weighted by molar-refractivity contribution is 5.95. The Labute approximate surface area is 158 Å². The van der Waals surface area contributed by atoms with Crippen LogP contribution in [-0.4, -0.2) is 18.7 Å². The average Bonchev–Trinajstić information content (AvgIpc) is 2.64.